The highest BCUT2D eigenvalue weighted by Crippen LogP contribution is 2.58. The average Bonchev–Trinajstić information content (AvgIpc) is 3.27. The standard InChI is InChI=1S/C29H32O2Si2.C23H16O2.2CO2/c1-19-24-22-11-9-10-12-23(22)28(25(19)29(30)31-2)27-21(16-18-33(6,7)8)14-13-20(26(24)27)15-17-32(3,4)5;1-5-14-11-12-15(6-2)21-20(14)18-13(3)19(23(24)25-4)22(21)17-10-8-7-9-16(17)18;2*2-1-3/h9-14,24,28H,1-8H3;1-2,7-12,18,22H,3-4H3;;. The maximum absolute atomic E-state index is 13.0. The highest BCUT2D eigenvalue weighted by atomic mass is 28.3. The van der Waals surface area contributed by atoms with Crippen molar-refractivity contribution in [3.05, 3.63) is 162 Å². The van der Waals surface area contributed by atoms with Crippen LogP contribution in [-0.2, 0) is 38.2 Å². The number of benzene rings is 4. The van der Waals surface area contributed by atoms with E-state index in [2.05, 4.69) is 130 Å². The number of carbonyl (C=O) groups is 2. The topological polar surface area (TPSA) is 121 Å². The molecule has 0 spiro atoms. The SMILES string of the molecule is C#Cc1ccc(C#C)c2c1C1C(C)=C(C(=O)OC)C2c2ccccc21.COC(=O)C1=C(C)C2c3ccccc3C1c1c(C#C[Si](C)(C)C)ccc(C#C[Si](C)(C)C)c12.O=C=O.O=C=O. The molecule has 0 fully saturated rings. The van der Waals surface area contributed by atoms with Crippen LogP contribution in [0.3, 0.4) is 0 Å². The molecule has 320 valence electrons. The van der Waals surface area contributed by atoms with E-state index < -0.39 is 16.1 Å². The number of hydrogen-bond acceptors (Lipinski definition) is 8. The van der Waals surface area contributed by atoms with Gasteiger partial charge >= 0.3 is 24.2 Å². The fourth-order valence-electron chi connectivity index (χ4n) is 9.23. The Balaban J connectivity index is 0.000000220. The molecule has 64 heavy (non-hydrogen) atoms. The molecule has 4 bridgehead atoms. The molecule has 0 aromatic heterocycles. The summed E-state index contributed by atoms with van der Waals surface area (Å²) in [7, 11) is -0.247. The second kappa shape index (κ2) is 19.4. The van der Waals surface area contributed by atoms with Crippen LogP contribution in [0.25, 0.3) is 0 Å². The van der Waals surface area contributed by atoms with E-state index in [1.807, 2.05) is 31.2 Å². The second-order valence-corrected chi connectivity index (χ2v) is 27.1. The third-order valence-electron chi connectivity index (χ3n) is 11.5. The lowest BCUT2D eigenvalue weighted by Gasteiger charge is -2.43. The number of ether oxygens (including phenoxy) is 2. The number of hydrogen-bond donors (Lipinski definition) is 0. The van der Waals surface area contributed by atoms with E-state index >= 15 is 0 Å². The Morgan fingerprint density at radius 1 is 0.484 bits per heavy atom. The lowest BCUT2D eigenvalue weighted by atomic mass is 9.59. The molecule has 0 saturated carbocycles. The molecule has 4 unspecified atom stereocenters. The van der Waals surface area contributed by atoms with Gasteiger partial charge in [0.15, 0.2) is 0 Å². The van der Waals surface area contributed by atoms with Gasteiger partial charge in [0, 0.05) is 57.1 Å². The lowest BCUT2D eigenvalue weighted by Crippen LogP contribution is -2.32. The molecule has 0 heterocycles. The van der Waals surface area contributed by atoms with Crippen LogP contribution < -0.4 is 0 Å². The van der Waals surface area contributed by atoms with Gasteiger partial charge in [0.25, 0.3) is 0 Å². The second-order valence-electron chi connectivity index (χ2n) is 17.6. The minimum Gasteiger partial charge on any atom is -0.466 e. The summed E-state index contributed by atoms with van der Waals surface area (Å²) in [5.41, 5.74) is 23.5. The Hall–Kier alpha value is -7.27. The predicted molar refractivity (Wildman–Crippen MR) is 249 cm³/mol. The number of allylic oxidation sites excluding steroid dienone is 2. The number of esters is 2. The van der Waals surface area contributed by atoms with Gasteiger partial charge in [-0.05, 0) is 93.8 Å². The van der Waals surface area contributed by atoms with Gasteiger partial charge in [-0.25, -0.2) is 9.59 Å². The highest BCUT2D eigenvalue weighted by Gasteiger charge is 2.47. The van der Waals surface area contributed by atoms with Crippen molar-refractivity contribution in [2.45, 2.75) is 76.8 Å². The van der Waals surface area contributed by atoms with Crippen molar-refractivity contribution < 1.29 is 38.2 Å². The Morgan fingerprint density at radius 3 is 1.05 bits per heavy atom. The Kier molecular flexibility index (Phi) is 14.5. The van der Waals surface area contributed by atoms with E-state index in [1.165, 1.54) is 36.5 Å². The van der Waals surface area contributed by atoms with E-state index in [-0.39, 0.29) is 47.9 Å². The summed E-state index contributed by atoms with van der Waals surface area (Å²) in [6, 6.07) is 24.7. The minimum atomic E-state index is -1.58. The summed E-state index contributed by atoms with van der Waals surface area (Å²) in [6.45, 7) is 17.6. The van der Waals surface area contributed by atoms with E-state index in [0.717, 1.165) is 61.2 Å². The Morgan fingerprint density at radius 2 is 0.750 bits per heavy atom. The average molecular weight is 881 g/mol. The van der Waals surface area contributed by atoms with Crippen molar-refractivity contribution >= 4 is 40.4 Å². The van der Waals surface area contributed by atoms with Crippen LogP contribution in [0.15, 0.2) is 95.1 Å². The van der Waals surface area contributed by atoms with Crippen molar-refractivity contribution in [3.8, 4) is 47.6 Å². The summed E-state index contributed by atoms with van der Waals surface area (Å²) >= 11 is 0. The van der Waals surface area contributed by atoms with Crippen molar-refractivity contribution in [3.63, 3.8) is 0 Å². The van der Waals surface area contributed by atoms with Gasteiger partial charge in [-0.1, -0.05) is 111 Å². The number of carbonyl (C=O) groups excluding carboxylic acids is 6. The first-order chi connectivity index (χ1) is 30.4. The Bertz CT molecular complexity index is 2930. The van der Waals surface area contributed by atoms with Crippen LogP contribution >= 0.6 is 0 Å². The molecule has 0 radical (unpaired) electrons. The zero-order chi connectivity index (χ0) is 47.3. The third-order valence-corrected chi connectivity index (χ3v) is 13.3. The van der Waals surface area contributed by atoms with Gasteiger partial charge in [-0.15, -0.1) is 23.9 Å². The molecule has 0 aliphatic heterocycles. The third kappa shape index (κ3) is 8.97. The van der Waals surface area contributed by atoms with E-state index in [9.17, 15) is 9.59 Å². The predicted octanol–water partition coefficient (Wildman–Crippen LogP) is 8.79. The van der Waals surface area contributed by atoms with E-state index in [0.29, 0.717) is 5.57 Å². The fraction of sp³-hybridized carbons (Fsp3) is 0.259. The maximum Gasteiger partial charge on any atom is 0.373 e. The summed E-state index contributed by atoms with van der Waals surface area (Å²) < 4.78 is 10.4. The molecule has 10 rings (SSSR count). The maximum atomic E-state index is 13.0. The smallest absolute Gasteiger partial charge is 0.373 e. The number of methoxy groups -OCH3 is 2. The monoisotopic (exact) mass is 880 g/mol. The molecule has 6 aliphatic rings. The molecule has 4 aromatic carbocycles. The van der Waals surface area contributed by atoms with Crippen molar-refractivity contribution in [1.29, 1.82) is 0 Å². The molecule has 6 aliphatic carbocycles. The highest BCUT2D eigenvalue weighted by molar-refractivity contribution is 6.84. The number of rotatable bonds is 2. The van der Waals surface area contributed by atoms with Crippen LogP contribution in [0.5, 0.6) is 0 Å². The van der Waals surface area contributed by atoms with E-state index in [1.54, 1.807) is 0 Å². The summed E-state index contributed by atoms with van der Waals surface area (Å²) in [4.78, 5) is 58.1. The summed E-state index contributed by atoms with van der Waals surface area (Å²) in [5.74, 6) is 11.6. The first kappa shape index (κ1) is 47.8. The minimum absolute atomic E-state index is 0.00475. The molecular weight excluding hydrogens is 833 g/mol. The zero-order valence-corrected chi connectivity index (χ0v) is 39.7. The fourth-order valence-corrected chi connectivity index (χ4v) is 10.3. The molecule has 10 heteroatoms. The largest absolute Gasteiger partial charge is 0.466 e. The first-order valence-electron chi connectivity index (χ1n) is 20.5. The molecule has 0 N–H and O–H groups in total. The first-order valence-corrected chi connectivity index (χ1v) is 27.5. The van der Waals surface area contributed by atoms with Crippen molar-refractivity contribution in [2.75, 3.05) is 14.2 Å². The van der Waals surface area contributed by atoms with Gasteiger partial charge in [0.05, 0.1) is 14.2 Å². The van der Waals surface area contributed by atoms with Crippen LogP contribution in [0.4, 0.5) is 0 Å². The van der Waals surface area contributed by atoms with Crippen LogP contribution in [0.1, 0.15) is 104 Å². The van der Waals surface area contributed by atoms with Crippen molar-refractivity contribution in [2.24, 2.45) is 0 Å². The zero-order valence-electron chi connectivity index (χ0n) is 37.7. The molecule has 0 amide bonds. The molecule has 8 nitrogen and oxygen atoms in total. The molecule has 4 atom stereocenters. The Labute approximate surface area is 377 Å². The summed E-state index contributed by atoms with van der Waals surface area (Å²) in [5, 5.41) is 0. The molecule has 0 saturated heterocycles. The quantitative estimate of drug-likeness (QED) is 0.111. The number of terminal acetylenes is 2. The van der Waals surface area contributed by atoms with Gasteiger partial charge in [0.2, 0.25) is 0 Å². The normalized spacial score (nSPS) is 17.4. The molecular formula is C54H48O8Si2. The summed E-state index contributed by atoms with van der Waals surface area (Å²) in [6.07, 6.45) is 12.0. The van der Waals surface area contributed by atoms with Crippen molar-refractivity contribution in [1.82, 2.24) is 0 Å². The van der Waals surface area contributed by atoms with Crippen LogP contribution in [0.2, 0.25) is 39.3 Å². The van der Waals surface area contributed by atoms with Crippen LogP contribution in [-0.4, -0.2) is 54.6 Å². The van der Waals surface area contributed by atoms with E-state index in [4.69, 9.17) is 41.5 Å². The molecule has 4 aromatic rings. The van der Waals surface area contributed by atoms with Crippen LogP contribution in [0, 0.1) is 47.6 Å². The van der Waals surface area contributed by atoms with Gasteiger partial charge < -0.3 is 9.47 Å². The van der Waals surface area contributed by atoms with Gasteiger partial charge in [0.1, 0.15) is 16.1 Å². The lowest BCUT2D eigenvalue weighted by molar-refractivity contribution is -0.193. The van der Waals surface area contributed by atoms with Gasteiger partial charge in [-0.2, -0.15) is 19.2 Å². The van der Waals surface area contributed by atoms with Gasteiger partial charge in [-0.3, -0.25) is 0 Å².